The van der Waals surface area contributed by atoms with Gasteiger partial charge in [-0.1, -0.05) is 330 Å². The quantitative estimate of drug-likeness (QED) is 0.0272. The Bertz CT molecular complexity index is 1630. The fourth-order valence-electron chi connectivity index (χ4n) is 10.4. The van der Waals surface area contributed by atoms with Crippen LogP contribution in [0.3, 0.4) is 0 Å². The number of nitrogens with zero attached hydrogens (tertiary/aromatic N) is 1. The highest BCUT2D eigenvalue weighted by Crippen LogP contribution is 2.38. The molecule has 1 amide bonds. The maximum Gasteiger partial charge on any atom is 0.268 e. The molecule has 0 aliphatic rings. The van der Waals surface area contributed by atoms with Crippen molar-refractivity contribution in [3.8, 4) is 0 Å². The van der Waals surface area contributed by atoms with E-state index in [4.69, 9.17) is 9.05 Å². The summed E-state index contributed by atoms with van der Waals surface area (Å²) in [5, 5.41) is 13.9. The molecule has 3 unspecified atom stereocenters. The molecule has 2 N–H and O–H groups in total. The van der Waals surface area contributed by atoms with E-state index in [2.05, 4.69) is 92.1 Å². The zero-order valence-corrected chi connectivity index (χ0v) is 56.3. The molecule has 0 rings (SSSR count). The van der Waals surface area contributed by atoms with Crippen LogP contribution in [-0.2, 0) is 18.4 Å². The summed E-state index contributed by atoms with van der Waals surface area (Å²) in [6.07, 6.45) is 91.4. The first-order valence-corrected chi connectivity index (χ1v) is 36.9. The average molecular weight is 1180 g/mol. The molecule has 0 saturated carbocycles. The van der Waals surface area contributed by atoms with Crippen LogP contribution in [0.2, 0.25) is 0 Å². The second-order valence-electron chi connectivity index (χ2n) is 25.2. The molecule has 0 aromatic carbocycles. The van der Waals surface area contributed by atoms with Crippen LogP contribution >= 0.6 is 7.82 Å². The highest BCUT2D eigenvalue weighted by atomic mass is 31.2. The van der Waals surface area contributed by atoms with E-state index in [-0.39, 0.29) is 12.5 Å². The van der Waals surface area contributed by atoms with Gasteiger partial charge >= 0.3 is 0 Å². The van der Waals surface area contributed by atoms with Crippen molar-refractivity contribution in [3.05, 3.63) is 85.1 Å². The van der Waals surface area contributed by atoms with Crippen LogP contribution in [0.4, 0.5) is 0 Å². The molecule has 0 radical (unpaired) electrons. The van der Waals surface area contributed by atoms with Crippen molar-refractivity contribution in [1.82, 2.24) is 5.32 Å². The minimum Gasteiger partial charge on any atom is -0.756 e. The van der Waals surface area contributed by atoms with Gasteiger partial charge in [-0.15, -0.1) is 0 Å². The van der Waals surface area contributed by atoms with Crippen molar-refractivity contribution in [3.63, 3.8) is 0 Å². The lowest BCUT2D eigenvalue weighted by atomic mass is 10.0. The van der Waals surface area contributed by atoms with Gasteiger partial charge in [0.15, 0.2) is 0 Å². The molecule has 0 fully saturated rings. The zero-order valence-electron chi connectivity index (χ0n) is 55.4. The van der Waals surface area contributed by atoms with Gasteiger partial charge in [-0.25, -0.2) is 0 Å². The first-order valence-electron chi connectivity index (χ1n) is 35.4. The van der Waals surface area contributed by atoms with Crippen LogP contribution in [0.15, 0.2) is 85.1 Å². The molecule has 3 atom stereocenters. The molecule has 9 heteroatoms. The minimum atomic E-state index is -4.62. The van der Waals surface area contributed by atoms with Gasteiger partial charge in [-0.3, -0.25) is 9.36 Å². The largest absolute Gasteiger partial charge is 0.756 e. The fourth-order valence-corrected chi connectivity index (χ4v) is 11.1. The molecule has 0 aliphatic heterocycles. The van der Waals surface area contributed by atoms with Crippen LogP contribution in [0.5, 0.6) is 0 Å². The van der Waals surface area contributed by atoms with Crippen molar-refractivity contribution in [2.24, 2.45) is 0 Å². The van der Waals surface area contributed by atoms with Gasteiger partial charge in [0.25, 0.3) is 7.82 Å². The van der Waals surface area contributed by atoms with Crippen molar-refractivity contribution in [1.29, 1.82) is 0 Å². The standard InChI is InChI=1S/C74H137N2O6P/c1-6-8-10-12-14-16-18-20-22-24-26-28-30-32-34-36-37-38-40-41-43-45-47-49-51-53-55-57-59-61-63-65-67-73(77)72(71-82-83(79,80)81-70-69-76(3,4)5)75-74(78)68-66-64-62-60-58-56-54-52-50-48-46-44-42-39-35-33-31-29-27-25-23-21-19-17-15-13-11-9-7-2/h9,11,15,17,21,23,27,29,33,35,57,59,65,67,72-73,77H,6-8,10,12-14,16,18-20,22,24-26,28,30-32,34,36-56,58,60-64,66,68-71H2,1-5H3,(H-,75,78,79,80)/b11-9-,17-15-,23-21-,29-27-,35-33-,59-57+,67-65+. The molecule has 8 nitrogen and oxygen atoms in total. The van der Waals surface area contributed by atoms with Crippen molar-refractivity contribution < 1.29 is 32.9 Å². The van der Waals surface area contributed by atoms with Gasteiger partial charge in [-0.05, 0) is 77.0 Å². The lowest BCUT2D eigenvalue weighted by molar-refractivity contribution is -0.870. The highest BCUT2D eigenvalue weighted by molar-refractivity contribution is 7.45. The predicted molar refractivity (Wildman–Crippen MR) is 362 cm³/mol. The van der Waals surface area contributed by atoms with E-state index < -0.39 is 26.6 Å². The normalized spacial score (nSPS) is 14.2. The van der Waals surface area contributed by atoms with E-state index in [1.165, 1.54) is 238 Å². The van der Waals surface area contributed by atoms with Crippen LogP contribution < -0.4 is 10.2 Å². The van der Waals surface area contributed by atoms with Crippen molar-refractivity contribution >= 4 is 13.7 Å². The van der Waals surface area contributed by atoms with E-state index in [1.54, 1.807) is 6.08 Å². The number of allylic oxidation sites excluding steroid dienone is 13. The number of quaternary nitrogens is 1. The van der Waals surface area contributed by atoms with Gasteiger partial charge in [-0.2, -0.15) is 0 Å². The van der Waals surface area contributed by atoms with Gasteiger partial charge in [0, 0.05) is 6.42 Å². The van der Waals surface area contributed by atoms with Gasteiger partial charge in [0.1, 0.15) is 13.2 Å². The van der Waals surface area contributed by atoms with Gasteiger partial charge < -0.3 is 28.8 Å². The molecule has 0 aromatic rings. The number of hydrogen-bond acceptors (Lipinski definition) is 6. The third-order valence-corrected chi connectivity index (χ3v) is 16.8. The number of nitrogens with one attached hydrogen (secondary N) is 1. The number of aliphatic hydroxyl groups excluding tert-OH is 1. The number of hydrogen-bond donors (Lipinski definition) is 2. The lowest BCUT2D eigenvalue weighted by Gasteiger charge is -2.29. The minimum absolute atomic E-state index is 0.00904. The van der Waals surface area contributed by atoms with E-state index in [0.29, 0.717) is 17.4 Å². The molecule has 0 aromatic heterocycles. The van der Waals surface area contributed by atoms with E-state index in [1.807, 2.05) is 27.2 Å². The third-order valence-electron chi connectivity index (χ3n) is 15.8. The first kappa shape index (κ1) is 80.7. The Labute approximate surface area is 516 Å². The molecular weight excluding hydrogens is 1040 g/mol. The number of carbonyl (C=O) groups excluding carboxylic acids is 1. The van der Waals surface area contributed by atoms with Crippen molar-refractivity contribution in [2.75, 3.05) is 40.9 Å². The summed E-state index contributed by atoms with van der Waals surface area (Å²) >= 11 is 0. The average Bonchev–Trinajstić information content (AvgIpc) is 3.50. The van der Waals surface area contributed by atoms with Crippen LogP contribution in [-0.4, -0.2) is 68.5 Å². The number of unbranched alkanes of at least 4 members (excludes halogenated alkanes) is 40. The molecular formula is C74H137N2O6P. The van der Waals surface area contributed by atoms with Gasteiger partial charge in [0.2, 0.25) is 5.91 Å². The fraction of sp³-hybridized carbons (Fsp3) is 0.797. The monoisotopic (exact) mass is 1180 g/mol. The summed E-state index contributed by atoms with van der Waals surface area (Å²) in [6, 6.07) is -0.911. The van der Waals surface area contributed by atoms with E-state index in [9.17, 15) is 19.4 Å². The topological polar surface area (TPSA) is 108 Å². The summed E-state index contributed by atoms with van der Waals surface area (Å²) in [5.74, 6) is -0.208. The number of phosphoric ester groups is 1. The molecule has 0 aliphatic carbocycles. The smallest absolute Gasteiger partial charge is 0.268 e. The Morgan fingerprint density at radius 2 is 0.747 bits per heavy atom. The van der Waals surface area contributed by atoms with E-state index >= 15 is 0 Å². The number of aliphatic hydroxyl groups is 1. The van der Waals surface area contributed by atoms with Crippen LogP contribution in [0.25, 0.3) is 0 Å². The summed E-state index contributed by atoms with van der Waals surface area (Å²) in [7, 11) is 1.24. The molecule has 0 saturated heterocycles. The number of phosphoric acid groups is 1. The highest BCUT2D eigenvalue weighted by Gasteiger charge is 2.23. The van der Waals surface area contributed by atoms with Gasteiger partial charge in [0.05, 0.1) is 39.9 Å². The number of carbonyl (C=O) groups is 1. The maximum atomic E-state index is 13.0. The molecule has 0 spiro atoms. The Morgan fingerprint density at radius 3 is 1.12 bits per heavy atom. The van der Waals surface area contributed by atoms with Crippen LogP contribution in [0.1, 0.15) is 328 Å². The third kappa shape index (κ3) is 67.1. The molecule has 484 valence electrons. The Kier molecular flexibility index (Phi) is 62.4. The first-order chi connectivity index (χ1) is 40.5. The van der Waals surface area contributed by atoms with Crippen molar-refractivity contribution in [2.45, 2.75) is 341 Å². The summed E-state index contributed by atoms with van der Waals surface area (Å²) in [6.45, 7) is 4.55. The summed E-state index contributed by atoms with van der Waals surface area (Å²) < 4.78 is 23.4. The Hall–Kier alpha value is -2.32. The zero-order chi connectivity index (χ0) is 60.5. The Morgan fingerprint density at radius 1 is 0.434 bits per heavy atom. The predicted octanol–water partition coefficient (Wildman–Crippen LogP) is 22.1. The molecule has 83 heavy (non-hydrogen) atoms. The summed E-state index contributed by atoms with van der Waals surface area (Å²) in [5.41, 5.74) is 0. The lowest BCUT2D eigenvalue weighted by Crippen LogP contribution is -2.45. The SMILES string of the molecule is CC/C=C\C/C=C\C/C=C\C/C=C\C/C=C\CCCCCCCCCCCCCCCC(=O)NC(COP(=O)([O-])OCC[N+](C)(C)C)C(O)/C=C/CC/C=C/CCCCCCCCCCCCCCCCCCCCCCCCCCCC. The molecule has 0 bridgehead atoms. The number of rotatable bonds is 65. The maximum absolute atomic E-state index is 13.0. The second kappa shape index (κ2) is 64.2. The second-order valence-corrected chi connectivity index (χ2v) is 26.6. The molecule has 0 heterocycles. The van der Waals surface area contributed by atoms with Crippen LogP contribution in [0, 0.1) is 0 Å². The number of amides is 1. The Balaban J connectivity index is 4.11. The van der Waals surface area contributed by atoms with E-state index in [0.717, 1.165) is 70.6 Å². The number of likely N-dealkylation sites (N-methyl/N-ethyl adjacent to an activating group) is 1. The summed E-state index contributed by atoms with van der Waals surface area (Å²) in [4.78, 5) is 25.6.